The molecule has 0 aliphatic carbocycles. The Morgan fingerprint density at radius 1 is 1.03 bits per heavy atom. The Hall–Kier alpha value is -3.61. The summed E-state index contributed by atoms with van der Waals surface area (Å²) < 4.78 is 10.2. The van der Waals surface area contributed by atoms with Gasteiger partial charge in [0, 0.05) is 6.08 Å². The normalized spacial score (nSPS) is 11.5. The molecular formula is C22H24N2O5. The van der Waals surface area contributed by atoms with Crippen molar-refractivity contribution >= 4 is 23.9 Å². The van der Waals surface area contributed by atoms with Crippen LogP contribution in [0.1, 0.15) is 18.1 Å². The Labute approximate surface area is 169 Å². The van der Waals surface area contributed by atoms with Crippen LogP contribution in [0.2, 0.25) is 0 Å². The van der Waals surface area contributed by atoms with E-state index in [4.69, 9.17) is 9.47 Å². The first-order chi connectivity index (χ1) is 14.0. The predicted molar refractivity (Wildman–Crippen MR) is 109 cm³/mol. The van der Waals surface area contributed by atoms with Crippen LogP contribution >= 0.6 is 0 Å². The molecule has 7 nitrogen and oxygen atoms in total. The van der Waals surface area contributed by atoms with Crippen molar-refractivity contribution in [1.82, 2.24) is 10.6 Å². The molecule has 152 valence electrons. The van der Waals surface area contributed by atoms with Gasteiger partial charge in [-0.2, -0.15) is 0 Å². The number of methoxy groups -OCH3 is 1. The maximum absolute atomic E-state index is 12.0. The van der Waals surface area contributed by atoms with E-state index < -0.39 is 23.8 Å². The first-order valence-corrected chi connectivity index (χ1v) is 9.08. The Bertz CT molecular complexity index is 847. The zero-order valence-electron chi connectivity index (χ0n) is 16.4. The maximum atomic E-state index is 12.0. The molecule has 0 aliphatic rings. The van der Waals surface area contributed by atoms with Crippen molar-refractivity contribution in [2.75, 3.05) is 13.7 Å². The van der Waals surface area contributed by atoms with E-state index >= 15 is 0 Å². The maximum Gasteiger partial charge on any atom is 0.325 e. The lowest BCUT2D eigenvalue weighted by Crippen LogP contribution is -2.45. The van der Waals surface area contributed by atoms with Crippen LogP contribution in [0, 0.1) is 0 Å². The van der Waals surface area contributed by atoms with Gasteiger partial charge in [-0.3, -0.25) is 14.4 Å². The second-order valence-corrected chi connectivity index (χ2v) is 6.20. The van der Waals surface area contributed by atoms with Crippen molar-refractivity contribution in [2.45, 2.75) is 19.6 Å². The SMILES string of the molecule is COc1ccc(/C=C\C(=O)N[C@@H](C)C(=O)NCC(=O)OCc2ccccc2)cc1. The fraction of sp³-hybridized carbons (Fsp3) is 0.227. The first-order valence-electron chi connectivity index (χ1n) is 9.08. The van der Waals surface area contributed by atoms with Crippen molar-refractivity contribution in [3.05, 3.63) is 71.8 Å². The minimum absolute atomic E-state index is 0.137. The van der Waals surface area contributed by atoms with Crippen LogP contribution in [0.25, 0.3) is 6.08 Å². The third-order valence-electron chi connectivity index (χ3n) is 3.94. The van der Waals surface area contributed by atoms with E-state index in [9.17, 15) is 14.4 Å². The molecule has 2 rings (SSSR count). The molecule has 2 aromatic rings. The zero-order valence-corrected chi connectivity index (χ0v) is 16.4. The lowest BCUT2D eigenvalue weighted by Gasteiger charge is -2.12. The van der Waals surface area contributed by atoms with Gasteiger partial charge in [-0.1, -0.05) is 42.5 Å². The number of amides is 2. The molecule has 0 unspecified atom stereocenters. The Kier molecular flexibility index (Phi) is 8.44. The third kappa shape index (κ3) is 7.88. The van der Waals surface area contributed by atoms with Gasteiger partial charge >= 0.3 is 5.97 Å². The Morgan fingerprint density at radius 2 is 1.72 bits per heavy atom. The lowest BCUT2D eigenvalue weighted by atomic mass is 10.2. The molecule has 1 atom stereocenters. The van der Waals surface area contributed by atoms with Crippen molar-refractivity contribution in [3.8, 4) is 5.75 Å². The van der Waals surface area contributed by atoms with E-state index in [0.717, 1.165) is 16.9 Å². The highest BCUT2D eigenvalue weighted by Gasteiger charge is 2.15. The highest BCUT2D eigenvalue weighted by molar-refractivity contribution is 5.95. The molecule has 7 heteroatoms. The van der Waals surface area contributed by atoms with E-state index in [0.29, 0.717) is 0 Å². The number of ether oxygens (including phenoxy) is 2. The molecule has 2 aromatic carbocycles. The summed E-state index contributed by atoms with van der Waals surface area (Å²) in [7, 11) is 1.58. The lowest BCUT2D eigenvalue weighted by molar-refractivity contribution is -0.145. The van der Waals surface area contributed by atoms with Crippen molar-refractivity contribution in [1.29, 1.82) is 0 Å². The number of esters is 1. The molecule has 0 spiro atoms. The average molecular weight is 396 g/mol. The highest BCUT2D eigenvalue weighted by Crippen LogP contribution is 2.12. The molecule has 0 bridgehead atoms. The minimum Gasteiger partial charge on any atom is -0.497 e. The van der Waals surface area contributed by atoms with Gasteiger partial charge in [0.05, 0.1) is 7.11 Å². The molecule has 0 saturated heterocycles. The van der Waals surface area contributed by atoms with Crippen LogP contribution in [0.15, 0.2) is 60.7 Å². The van der Waals surface area contributed by atoms with Crippen LogP contribution < -0.4 is 15.4 Å². The number of hydrogen-bond acceptors (Lipinski definition) is 5. The van der Waals surface area contributed by atoms with E-state index in [-0.39, 0.29) is 13.2 Å². The molecule has 2 amide bonds. The molecule has 0 aromatic heterocycles. The number of nitrogens with one attached hydrogen (secondary N) is 2. The molecule has 2 N–H and O–H groups in total. The first kappa shape index (κ1) is 21.7. The summed E-state index contributed by atoms with van der Waals surface area (Å²) in [6.45, 7) is 1.40. The standard InChI is InChI=1S/C22H24N2O5/c1-16(24-20(25)13-10-17-8-11-19(28-2)12-9-17)22(27)23-14-21(26)29-15-18-6-4-3-5-7-18/h3-13,16H,14-15H2,1-2H3,(H,23,27)(H,24,25)/b13-10-/t16-/m0/s1. The smallest absolute Gasteiger partial charge is 0.325 e. The summed E-state index contributed by atoms with van der Waals surface area (Å²) in [6.07, 6.45) is 2.96. The number of hydrogen-bond donors (Lipinski definition) is 2. The van der Waals surface area contributed by atoms with Crippen LogP contribution in [0.4, 0.5) is 0 Å². The molecule has 0 fully saturated rings. The summed E-state index contributed by atoms with van der Waals surface area (Å²) in [5, 5.41) is 4.98. The summed E-state index contributed by atoms with van der Waals surface area (Å²) in [5.41, 5.74) is 1.68. The van der Waals surface area contributed by atoms with Gasteiger partial charge < -0.3 is 20.1 Å². The number of carbonyl (C=O) groups is 3. The van der Waals surface area contributed by atoms with E-state index in [1.165, 1.54) is 13.0 Å². The van der Waals surface area contributed by atoms with Crippen molar-refractivity contribution in [3.63, 3.8) is 0 Å². The minimum atomic E-state index is -0.801. The van der Waals surface area contributed by atoms with Gasteiger partial charge in [0.1, 0.15) is 24.9 Å². The molecule has 29 heavy (non-hydrogen) atoms. The highest BCUT2D eigenvalue weighted by atomic mass is 16.5. The monoisotopic (exact) mass is 396 g/mol. The third-order valence-corrected chi connectivity index (χ3v) is 3.94. The van der Waals surface area contributed by atoms with Crippen LogP contribution in [0.3, 0.4) is 0 Å². The summed E-state index contributed by atoms with van der Waals surface area (Å²) >= 11 is 0. The molecule has 0 radical (unpaired) electrons. The van der Waals surface area contributed by atoms with E-state index in [1.807, 2.05) is 30.3 Å². The van der Waals surface area contributed by atoms with Crippen molar-refractivity contribution < 1.29 is 23.9 Å². The Balaban J connectivity index is 1.70. The van der Waals surface area contributed by atoms with Gasteiger partial charge in [-0.05, 0) is 36.3 Å². The van der Waals surface area contributed by atoms with Gasteiger partial charge in [0.2, 0.25) is 11.8 Å². The molecular weight excluding hydrogens is 372 g/mol. The van der Waals surface area contributed by atoms with Gasteiger partial charge in [-0.15, -0.1) is 0 Å². The second kappa shape index (κ2) is 11.3. The summed E-state index contributed by atoms with van der Waals surface area (Å²) in [6, 6.07) is 15.6. The second-order valence-electron chi connectivity index (χ2n) is 6.20. The summed E-state index contributed by atoms with van der Waals surface area (Å²) in [4.78, 5) is 35.7. The van der Waals surface area contributed by atoms with E-state index in [1.54, 1.807) is 37.5 Å². The molecule has 0 heterocycles. The van der Waals surface area contributed by atoms with Crippen LogP contribution in [-0.4, -0.2) is 37.5 Å². The van der Waals surface area contributed by atoms with Crippen LogP contribution in [-0.2, 0) is 25.7 Å². The average Bonchev–Trinajstić information content (AvgIpc) is 2.75. The number of rotatable bonds is 9. The molecule has 0 saturated carbocycles. The summed E-state index contributed by atoms with van der Waals surface area (Å²) in [5.74, 6) is -0.734. The molecule has 0 aliphatic heterocycles. The fourth-order valence-corrected chi connectivity index (χ4v) is 2.32. The predicted octanol–water partition coefficient (Wildman–Crippen LogP) is 2.07. The number of carbonyl (C=O) groups excluding carboxylic acids is 3. The number of benzene rings is 2. The fourth-order valence-electron chi connectivity index (χ4n) is 2.32. The largest absolute Gasteiger partial charge is 0.497 e. The van der Waals surface area contributed by atoms with Crippen LogP contribution in [0.5, 0.6) is 5.75 Å². The Morgan fingerprint density at radius 3 is 2.38 bits per heavy atom. The van der Waals surface area contributed by atoms with Gasteiger partial charge in [0.15, 0.2) is 0 Å². The zero-order chi connectivity index (χ0) is 21.1. The van der Waals surface area contributed by atoms with E-state index in [2.05, 4.69) is 10.6 Å². The quantitative estimate of drug-likeness (QED) is 0.500. The van der Waals surface area contributed by atoms with Gasteiger partial charge in [-0.25, -0.2) is 0 Å². The van der Waals surface area contributed by atoms with Crippen molar-refractivity contribution in [2.24, 2.45) is 0 Å². The topological polar surface area (TPSA) is 93.7 Å². The van der Waals surface area contributed by atoms with Gasteiger partial charge in [0.25, 0.3) is 0 Å².